The van der Waals surface area contributed by atoms with E-state index < -0.39 is 5.91 Å². The molecule has 1 unspecified atom stereocenters. The van der Waals surface area contributed by atoms with Gasteiger partial charge in [-0.3, -0.25) is 14.8 Å². The molecule has 0 saturated carbocycles. The number of rotatable bonds is 2. The summed E-state index contributed by atoms with van der Waals surface area (Å²) < 4.78 is 11.2. The Hall–Kier alpha value is -2.12. The second-order valence-corrected chi connectivity index (χ2v) is 6.30. The predicted octanol–water partition coefficient (Wildman–Crippen LogP) is 1.34. The van der Waals surface area contributed by atoms with Crippen LogP contribution in [-0.2, 0) is 16.1 Å². The first kappa shape index (κ1) is 16.7. The van der Waals surface area contributed by atoms with Gasteiger partial charge in [-0.1, -0.05) is 6.07 Å². The van der Waals surface area contributed by atoms with Crippen LogP contribution in [0.15, 0.2) is 18.2 Å². The molecule has 1 aromatic carbocycles. The zero-order valence-electron chi connectivity index (χ0n) is 13.7. The highest BCUT2D eigenvalue weighted by Gasteiger charge is 2.30. The Bertz CT molecular complexity index is 627. The summed E-state index contributed by atoms with van der Waals surface area (Å²) in [5.41, 5.74) is 2.78. The molecule has 0 aromatic heterocycles. The Kier molecular flexibility index (Phi) is 5.01. The number of hydrogen-bond donors (Lipinski definition) is 2. The Morgan fingerprint density at radius 2 is 2.04 bits per heavy atom. The molecule has 2 N–H and O–H groups in total. The van der Waals surface area contributed by atoms with Crippen LogP contribution in [-0.4, -0.2) is 47.8 Å². The maximum Gasteiger partial charge on any atom is 0.274 e. The average molecular weight is 334 g/mol. The van der Waals surface area contributed by atoms with Gasteiger partial charge >= 0.3 is 0 Å². The highest BCUT2D eigenvalue weighted by atomic mass is 16.5. The molecule has 24 heavy (non-hydrogen) atoms. The lowest BCUT2D eigenvalue weighted by Gasteiger charge is -2.29. The molecule has 3 rings (SSSR count). The van der Waals surface area contributed by atoms with Crippen LogP contribution in [0, 0.1) is 5.92 Å². The van der Waals surface area contributed by atoms with Crippen molar-refractivity contribution in [1.29, 1.82) is 0 Å². The number of hydroxylamine groups is 1. The second kappa shape index (κ2) is 7.19. The molecule has 2 aliphatic heterocycles. The van der Waals surface area contributed by atoms with Crippen molar-refractivity contribution in [2.24, 2.45) is 5.92 Å². The third kappa shape index (κ3) is 3.52. The number of carbonyl (C=O) groups is 2. The lowest BCUT2D eigenvalue weighted by molar-refractivity contribution is -0.139. The summed E-state index contributed by atoms with van der Waals surface area (Å²) in [6.07, 6.45) is 1.34. The van der Waals surface area contributed by atoms with E-state index in [9.17, 15) is 9.59 Å². The molecule has 0 spiro atoms. The molecule has 2 amide bonds. The zero-order chi connectivity index (χ0) is 17.1. The number of amides is 2. The Morgan fingerprint density at radius 3 is 2.75 bits per heavy atom. The summed E-state index contributed by atoms with van der Waals surface area (Å²) in [6, 6.07) is 4.98. The standard InChI is InChI=1S/C17H22N2O5/c1-11-9-19(17(21)12-4-6-23-7-5-12)10-14-3-2-13(16(20)18-22)8-15(14)24-11/h2-3,8,11-12,22H,4-7,9-10H2,1H3,(H,18,20). The van der Waals surface area contributed by atoms with E-state index in [0.29, 0.717) is 37.6 Å². The Morgan fingerprint density at radius 1 is 1.29 bits per heavy atom. The molecule has 1 saturated heterocycles. The van der Waals surface area contributed by atoms with Crippen LogP contribution in [0.25, 0.3) is 0 Å². The normalized spacial score (nSPS) is 21.4. The van der Waals surface area contributed by atoms with Gasteiger partial charge in [-0.05, 0) is 31.9 Å². The van der Waals surface area contributed by atoms with Crippen molar-refractivity contribution in [2.45, 2.75) is 32.4 Å². The van der Waals surface area contributed by atoms with Crippen LogP contribution < -0.4 is 10.2 Å². The zero-order valence-corrected chi connectivity index (χ0v) is 13.7. The maximum absolute atomic E-state index is 12.8. The largest absolute Gasteiger partial charge is 0.488 e. The molecule has 0 aliphatic carbocycles. The monoisotopic (exact) mass is 334 g/mol. The second-order valence-electron chi connectivity index (χ2n) is 6.30. The van der Waals surface area contributed by atoms with Crippen molar-refractivity contribution >= 4 is 11.8 Å². The number of nitrogens with one attached hydrogen (secondary N) is 1. The molecule has 0 radical (unpaired) electrons. The fraction of sp³-hybridized carbons (Fsp3) is 0.529. The molecule has 7 nitrogen and oxygen atoms in total. The molecule has 7 heteroatoms. The smallest absolute Gasteiger partial charge is 0.274 e. The summed E-state index contributed by atoms with van der Waals surface area (Å²) in [6.45, 7) is 4.13. The highest BCUT2D eigenvalue weighted by molar-refractivity contribution is 5.93. The fourth-order valence-electron chi connectivity index (χ4n) is 3.21. The summed E-state index contributed by atoms with van der Waals surface area (Å²) in [5.74, 6) is 0.130. The topological polar surface area (TPSA) is 88.1 Å². The van der Waals surface area contributed by atoms with E-state index in [1.165, 1.54) is 0 Å². The third-order valence-electron chi connectivity index (χ3n) is 4.48. The highest BCUT2D eigenvalue weighted by Crippen LogP contribution is 2.28. The Labute approximate surface area is 140 Å². The van der Waals surface area contributed by atoms with Crippen LogP contribution in [0.1, 0.15) is 35.7 Å². The summed E-state index contributed by atoms with van der Waals surface area (Å²) in [7, 11) is 0. The van der Waals surface area contributed by atoms with Crippen LogP contribution in [0.5, 0.6) is 5.75 Å². The van der Waals surface area contributed by atoms with Crippen molar-refractivity contribution in [3.8, 4) is 5.75 Å². The first-order chi connectivity index (χ1) is 11.6. The fourth-order valence-corrected chi connectivity index (χ4v) is 3.21. The van der Waals surface area contributed by atoms with Gasteiger partial charge in [-0.15, -0.1) is 0 Å². The maximum atomic E-state index is 12.8. The molecular formula is C17H22N2O5. The quantitative estimate of drug-likeness (QED) is 0.629. The van der Waals surface area contributed by atoms with E-state index >= 15 is 0 Å². The number of nitrogens with zero attached hydrogens (tertiary/aromatic N) is 1. The van der Waals surface area contributed by atoms with Crippen LogP contribution in [0.4, 0.5) is 0 Å². The number of benzene rings is 1. The van der Waals surface area contributed by atoms with Gasteiger partial charge in [-0.2, -0.15) is 0 Å². The number of hydrogen-bond acceptors (Lipinski definition) is 5. The Balaban J connectivity index is 1.81. The molecule has 1 fully saturated rings. The average Bonchev–Trinajstić information content (AvgIpc) is 2.78. The molecule has 1 aromatic rings. The first-order valence-corrected chi connectivity index (χ1v) is 8.19. The van der Waals surface area contributed by atoms with Gasteiger partial charge in [0, 0.05) is 36.8 Å². The van der Waals surface area contributed by atoms with E-state index in [-0.39, 0.29) is 17.9 Å². The summed E-state index contributed by atoms with van der Waals surface area (Å²) >= 11 is 0. The minimum atomic E-state index is -0.589. The van der Waals surface area contributed by atoms with Gasteiger partial charge in [-0.25, -0.2) is 5.48 Å². The minimum absolute atomic E-state index is 0.00643. The first-order valence-electron chi connectivity index (χ1n) is 8.19. The summed E-state index contributed by atoms with van der Waals surface area (Å²) in [4.78, 5) is 26.2. The number of fused-ring (bicyclic) bond motifs is 1. The minimum Gasteiger partial charge on any atom is -0.488 e. The van der Waals surface area contributed by atoms with Crippen molar-refractivity contribution in [3.63, 3.8) is 0 Å². The third-order valence-corrected chi connectivity index (χ3v) is 4.48. The lowest BCUT2D eigenvalue weighted by Crippen LogP contribution is -2.41. The molecule has 1 atom stereocenters. The van der Waals surface area contributed by atoms with Gasteiger partial charge in [0.05, 0.1) is 6.54 Å². The van der Waals surface area contributed by atoms with Gasteiger partial charge in [0.1, 0.15) is 11.9 Å². The van der Waals surface area contributed by atoms with Crippen LogP contribution in [0.2, 0.25) is 0 Å². The molecule has 0 bridgehead atoms. The van der Waals surface area contributed by atoms with Crippen LogP contribution in [0.3, 0.4) is 0 Å². The summed E-state index contributed by atoms with van der Waals surface area (Å²) in [5, 5.41) is 8.76. The van der Waals surface area contributed by atoms with E-state index in [1.54, 1.807) is 23.7 Å². The SMILES string of the molecule is CC1CN(C(=O)C2CCOCC2)Cc2ccc(C(=O)NO)cc2O1. The molecule has 130 valence electrons. The van der Waals surface area contributed by atoms with Crippen molar-refractivity contribution in [1.82, 2.24) is 10.4 Å². The van der Waals surface area contributed by atoms with E-state index in [2.05, 4.69) is 0 Å². The van der Waals surface area contributed by atoms with Gasteiger partial charge in [0.25, 0.3) is 5.91 Å². The molecule has 2 heterocycles. The van der Waals surface area contributed by atoms with Crippen molar-refractivity contribution in [2.75, 3.05) is 19.8 Å². The van der Waals surface area contributed by atoms with Gasteiger partial charge in [0.2, 0.25) is 5.91 Å². The predicted molar refractivity (Wildman–Crippen MR) is 84.7 cm³/mol. The van der Waals surface area contributed by atoms with Crippen molar-refractivity contribution < 1.29 is 24.3 Å². The lowest BCUT2D eigenvalue weighted by atomic mass is 9.98. The van der Waals surface area contributed by atoms with Crippen LogP contribution >= 0.6 is 0 Å². The number of ether oxygens (including phenoxy) is 2. The molecule has 2 aliphatic rings. The van der Waals surface area contributed by atoms with E-state index in [4.69, 9.17) is 14.7 Å². The van der Waals surface area contributed by atoms with E-state index in [1.807, 2.05) is 11.8 Å². The van der Waals surface area contributed by atoms with Gasteiger partial charge in [0.15, 0.2) is 0 Å². The number of carbonyl (C=O) groups excluding carboxylic acids is 2. The van der Waals surface area contributed by atoms with Gasteiger partial charge < -0.3 is 14.4 Å². The van der Waals surface area contributed by atoms with E-state index in [0.717, 1.165) is 18.4 Å². The van der Waals surface area contributed by atoms with Crippen molar-refractivity contribution in [3.05, 3.63) is 29.3 Å². The molecular weight excluding hydrogens is 312 g/mol.